The van der Waals surface area contributed by atoms with E-state index in [0.29, 0.717) is 6.42 Å². The van der Waals surface area contributed by atoms with Crippen molar-refractivity contribution in [2.24, 2.45) is 5.73 Å². The lowest BCUT2D eigenvalue weighted by Gasteiger charge is -2.14. The van der Waals surface area contributed by atoms with Crippen LogP contribution >= 0.6 is 0 Å². The second-order valence-electron chi connectivity index (χ2n) is 2.78. The number of nitrogens with two attached hydrogens (primary N) is 1. The van der Waals surface area contributed by atoms with Crippen molar-refractivity contribution in [1.82, 2.24) is 5.32 Å². The van der Waals surface area contributed by atoms with Gasteiger partial charge in [-0.2, -0.15) is 0 Å². The Morgan fingerprint density at radius 2 is 2.18 bits per heavy atom. The molecule has 0 saturated carbocycles. The first-order valence-corrected chi connectivity index (χ1v) is 3.96. The third-order valence-electron chi connectivity index (χ3n) is 1.84. The third-order valence-corrected chi connectivity index (χ3v) is 1.84. The number of amides is 1. The van der Waals surface area contributed by atoms with Crippen molar-refractivity contribution in [3.05, 3.63) is 11.6 Å². The SMILES string of the molecule is NC(=O)CC=C1CCNCC1. The summed E-state index contributed by atoms with van der Waals surface area (Å²) in [6.07, 6.45) is 4.49. The van der Waals surface area contributed by atoms with Gasteiger partial charge < -0.3 is 11.1 Å². The number of rotatable bonds is 2. The van der Waals surface area contributed by atoms with Crippen molar-refractivity contribution in [2.75, 3.05) is 13.1 Å². The summed E-state index contributed by atoms with van der Waals surface area (Å²) < 4.78 is 0. The zero-order valence-corrected chi connectivity index (χ0v) is 6.60. The Balaban J connectivity index is 2.32. The summed E-state index contributed by atoms with van der Waals surface area (Å²) in [6.45, 7) is 2.06. The highest BCUT2D eigenvalue weighted by molar-refractivity contribution is 5.75. The van der Waals surface area contributed by atoms with Crippen LogP contribution in [0.15, 0.2) is 11.6 Å². The normalized spacial score (nSPS) is 18.0. The van der Waals surface area contributed by atoms with Crippen LogP contribution in [-0.2, 0) is 4.79 Å². The Hall–Kier alpha value is -0.830. The van der Waals surface area contributed by atoms with Gasteiger partial charge in [0.1, 0.15) is 0 Å². The van der Waals surface area contributed by atoms with Crippen molar-refractivity contribution < 1.29 is 4.79 Å². The maximum absolute atomic E-state index is 10.4. The van der Waals surface area contributed by atoms with Crippen LogP contribution in [0.2, 0.25) is 0 Å². The van der Waals surface area contributed by atoms with Gasteiger partial charge in [0.2, 0.25) is 5.91 Å². The number of piperidine rings is 1. The van der Waals surface area contributed by atoms with Crippen LogP contribution in [0.3, 0.4) is 0 Å². The lowest BCUT2D eigenvalue weighted by molar-refractivity contribution is -0.117. The van der Waals surface area contributed by atoms with E-state index in [9.17, 15) is 4.79 Å². The molecule has 0 bridgehead atoms. The second kappa shape index (κ2) is 4.13. The quantitative estimate of drug-likeness (QED) is 0.557. The summed E-state index contributed by atoms with van der Waals surface area (Å²) in [7, 11) is 0. The van der Waals surface area contributed by atoms with Gasteiger partial charge in [-0.05, 0) is 25.9 Å². The van der Waals surface area contributed by atoms with Crippen molar-refractivity contribution in [3.8, 4) is 0 Å². The Kier molecular flexibility index (Phi) is 3.11. The van der Waals surface area contributed by atoms with E-state index in [4.69, 9.17) is 5.73 Å². The van der Waals surface area contributed by atoms with E-state index in [0.717, 1.165) is 25.9 Å². The fourth-order valence-corrected chi connectivity index (χ4v) is 1.20. The third kappa shape index (κ3) is 3.18. The topological polar surface area (TPSA) is 55.1 Å². The van der Waals surface area contributed by atoms with Crippen molar-refractivity contribution in [3.63, 3.8) is 0 Å². The van der Waals surface area contributed by atoms with Gasteiger partial charge in [0.25, 0.3) is 0 Å². The van der Waals surface area contributed by atoms with Crippen LogP contribution in [0.4, 0.5) is 0 Å². The highest BCUT2D eigenvalue weighted by Gasteiger charge is 2.03. The first-order chi connectivity index (χ1) is 5.29. The summed E-state index contributed by atoms with van der Waals surface area (Å²) in [5.41, 5.74) is 6.37. The molecule has 0 spiro atoms. The van der Waals surface area contributed by atoms with E-state index in [2.05, 4.69) is 5.32 Å². The number of carbonyl (C=O) groups is 1. The minimum Gasteiger partial charge on any atom is -0.369 e. The van der Waals surface area contributed by atoms with Crippen LogP contribution < -0.4 is 11.1 Å². The molecule has 62 valence electrons. The number of primary amides is 1. The zero-order chi connectivity index (χ0) is 8.10. The molecule has 3 heteroatoms. The average Bonchev–Trinajstić information content (AvgIpc) is 2.03. The van der Waals surface area contributed by atoms with E-state index < -0.39 is 0 Å². The second-order valence-corrected chi connectivity index (χ2v) is 2.78. The summed E-state index contributed by atoms with van der Waals surface area (Å²) in [5, 5.41) is 3.25. The molecule has 0 radical (unpaired) electrons. The Morgan fingerprint density at radius 3 is 2.73 bits per heavy atom. The lowest BCUT2D eigenvalue weighted by Crippen LogP contribution is -2.23. The van der Waals surface area contributed by atoms with Crippen LogP contribution in [-0.4, -0.2) is 19.0 Å². The molecular formula is C8H14N2O. The molecule has 3 nitrogen and oxygen atoms in total. The number of hydrogen-bond donors (Lipinski definition) is 2. The smallest absolute Gasteiger partial charge is 0.221 e. The molecule has 1 amide bonds. The van der Waals surface area contributed by atoms with Gasteiger partial charge in [-0.15, -0.1) is 0 Å². The molecule has 3 N–H and O–H groups in total. The molecule has 1 rings (SSSR count). The molecule has 0 atom stereocenters. The largest absolute Gasteiger partial charge is 0.369 e. The van der Waals surface area contributed by atoms with Gasteiger partial charge in [-0.1, -0.05) is 11.6 Å². The van der Waals surface area contributed by atoms with Gasteiger partial charge in [-0.25, -0.2) is 0 Å². The summed E-state index contributed by atoms with van der Waals surface area (Å²) in [5.74, 6) is -0.240. The molecule has 1 heterocycles. The van der Waals surface area contributed by atoms with Crippen molar-refractivity contribution in [2.45, 2.75) is 19.3 Å². The molecule has 1 aliphatic rings. The van der Waals surface area contributed by atoms with Gasteiger partial charge >= 0.3 is 0 Å². The zero-order valence-electron chi connectivity index (χ0n) is 6.60. The summed E-state index contributed by atoms with van der Waals surface area (Å²) in [4.78, 5) is 10.4. The minimum atomic E-state index is -0.240. The average molecular weight is 154 g/mol. The predicted octanol–water partition coefficient (Wildman–Crippen LogP) is 0.172. The van der Waals surface area contributed by atoms with Crippen molar-refractivity contribution in [1.29, 1.82) is 0 Å². The number of nitrogens with one attached hydrogen (secondary N) is 1. The number of hydrogen-bond acceptors (Lipinski definition) is 2. The maximum atomic E-state index is 10.4. The summed E-state index contributed by atoms with van der Waals surface area (Å²) in [6, 6.07) is 0. The highest BCUT2D eigenvalue weighted by atomic mass is 16.1. The standard InChI is InChI=1S/C8H14N2O/c9-8(11)2-1-7-3-5-10-6-4-7/h1,10H,2-6H2,(H2,9,11). The van der Waals surface area contributed by atoms with Gasteiger partial charge in [0, 0.05) is 6.42 Å². The molecule has 11 heavy (non-hydrogen) atoms. The van der Waals surface area contributed by atoms with Crippen LogP contribution in [0.25, 0.3) is 0 Å². The lowest BCUT2D eigenvalue weighted by atomic mass is 10.0. The Morgan fingerprint density at radius 1 is 1.55 bits per heavy atom. The van der Waals surface area contributed by atoms with E-state index in [1.165, 1.54) is 5.57 Å². The Labute approximate surface area is 66.6 Å². The van der Waals surface area contributed by atoms with Gasteiger partial charge in [0.05, 0.1) is 0 Å². The van der Waals surface area contributed by atoms with Gasteiger partial charge in [-0.3, -0.25) is 4.79 Å². The predicted molar refractivity (Wildman–Crippen MR) is 44.0 cm³/mol. The molecule has 0 unspecified atom stereocenters. The minimum absolute atomic E-state index is 0.240. The first-order valence-electron chi connectivity index (χ1n) is 3.96. The summed E-state index contributed by atoms with van der Waals surface area (Å²) >= 11 is 0. The highest BCUT2D eigenvalue weighted by Crippen LogP contribution is 2.09. The van der Waals surface area contributed by atoms with Crippen LogP contribution in [0, 0.1) is 0 Å². The van der Waals surface area contributed by atoms with E-state index in [1.807, 2.05) is 6.08 Å². The molecular weight excluding hydrogens is 140 g/mol. The van der Waals surface area contributed by atoms with Gasteiger partial charge in [0.15, 0.2) is 0 Å². The monoisotopic (exact) mass is 154 g/mol. The van der Waals surface area contributed by atoms with Crippen LogP contribution in [0.1, 0.15) is 19.3 Å². The first kappa shape index (κ1) is 8.27. The van der Waals surface area contributed by atoms with Crippen molar-refractivity contribution >= 4 is 5.91 Å². The fourth-order valence-electron chi connectivity index (χ4n) is 1.20. The molecule has 0 aromatic carbocycles. The molecule has 1 aliphatic heterocycles. The van der Waals surface area contributed by atoms with E-state index >= 15 is 0 Å². The number of carbonyl (C=O) groups excluding carboxylic acids is 1. The molecule has 1 fully saturated rings. The molecule has 1 saturated heterocycles. The Bertz CT molecular complexity index is 167. The van der Waals surface area contributed by atoms with E-state index in [-0.39, 0.29) is 5.91 Å². The van der Waals surface area contributed by atoms with E-state index in [1.54, 1.807) is 0 Å². The molecule has 0 aromatic rings. The molecule has 0 aromatic heterocycles. The maximum Gasteiger partial charge on any atom is 0.221 e. The van der Waals surface area contributed by atoms with Crippen LogP contribution in [0.5, 0.6) is 0 Å². The fraction of sp³-hybridized carbons (Fsp3) is 0.625. The molecule has 0 aliphatic carbocycles.